The molecule has 7 nitrogen and oxygen atoms in total. The fourth-order valence-electron chi connectivity index (χ4n) is 1.34. The molecule has 0 bridgehead atoms. The summed E-state index contributed by atoms with van der Waals surface area (Å²) in [6, 6.07) is 0. The Morgan fingerprint density at radius 1 is 1.61 bits per heavy atom. The summed E-state index contributed by atoms with van der Waals surface area (Å²) in [6.07, 6.45) is 3.74. The summed E-state index contributed by atoms with van der Waals surface area (Å²) in [5, 5.41) is 15.3. The number of hydrogen-bond donors (Lipinski definition) is 2. The van der Waals surface area contributed by atoms with Crippen molar-refractivity contribution in [3.05, 3.63) is 28.5 Å². The first kappa shape index (κ1) is 14.2. The van der Waals surface area contributed by atoms with Gasteiger partial charge in [0.05, 0.1) is 0 Å². The lowest BCUT2D eigenvalue weighted by Gasteiger charge is -2.22. The third-order valence-corrected chi connectivity index (χ3v) is 2.87. The molecular weight excluding hydrogens is 238 g/mol. The van der Waals surface area contributed by atoms with Crippen LogP contribution in [-0.4, -0.2) is 33.4 Å². The van der Waals surface area contributed by atoms with Crippen LogP contribution in [0.15, 0.2) is 21.5 Å². The molecule has 1 atom stereocenters. The largest absolute Gasteiger partial charge is 0.480 e. The Morgan fingerprint density at radius 2 is 2.28 bits per heavy atom. The van der Waals surface area contributed by atoms with E-state index in [2.05, 4.69) is 15.0 Å². The number of carboxylic acid groups (broad SMARTS) is 1. The number of allylic oxidation sites excluding steroid dienone is 1. The molecule has 0 aliphatic rings. The number of likely N-dealkylation sites (N-methyl/N-ethyl adjacent to an activating group) is 1. The number of carbonyl (C=O) groups is 1. The first-order valence-corrected chi connectivity index (χ1v) is 5.51. The second-order valence-corrected chi connectivity index (χ2v) is 4.17. The highest BCUT2D eigenvalue weighted by atomic mass is 16.5. The maximum absolute atomic E-state index is 11.2. The van der Waals surface area contributed by atoms with Crippen LogP contribution in [0.5, 0.6) is 0 Å². The second kappa shape index (κ2) is 5.63. The van der Waals surface area contributed by atoms with Crippen LogP contribution in [-0.2, 0) is 11.3 Å². The average molecular weight is 255 g/mol. The van der Waals surface area contributed by atoms with Crippen LogP contribution in [0, 0.1) is 6.92 Å². The van der Waals surface area contributed by atoms with E-state index in [1.54, 1.807) is 33.0 Å². The van der Waals surface area contributed by atoms with Crippen molar-refractivity contribution in [1.29, 1.82) is 0 Å². The van der Waals surface area contributed by atoms with Gasteiger partial charge >= 0.3 is 11.7 Å². The van der Waals surface area contributed by atoms with E-state index in [1.807, 2.05) is 0 Å². The molecule has 1 aromatic rings. The highest BCUT2D eigenvalue weighted by Gasteiger charge is 2.29. The van der Waals surface area contributed by atoms with E-state index in [9.17, 15) is 9.59 Å². The van der Waals surface area contributed by atoms with Crippen molar-refractivity contribution in [2.75, 3.05) is 7.05 Å². The molecule has 0 aliphatic carbocycles. The zero-order valence-corrected chi connectivity index (χ0v) is 10.6. The molecule has 18 heavy (non-hydrogen) atoms. The monoisotopic (exact) mass is 255 g/mol. The number of aryl methyl sites for hydroxylation is 1. The molecule has 1 aromatic heterocycles. The number of aromatic nitrogens is 2. The minimum absolute atomic E-state index is 0.313. The van der Waals surface area contributed by atoms with Gasteiger partial charge in [0, 0.05) is 6.54 Å². The van der Waals surface area contributed by atoms with Gasteiger partial charge in [-0.25, -0.2) is 4.79 Å². The van der Waals surface area contributed by atoms with Crippen LogP contribution in [0.1, 0.15) is 19.2 Å². The van der Waals surface area contributed by atoms with Gasteiger partial charge in [-0.1, -0.05) is 17.3 Å². The Morgan fingerprint density at radius 3 is 2.72 bits per heavy atom. The molecule has 0 spiro atoms. The van der Waals surface area contributed by atoms with Gasteiger partial charge in [0.2, 0.25) is 0 Å². The number of hydrogen-bond acceptors (Lipinski definition) is 5. The summed E-state index contributed by atoms with van der Waals surface area (Å²) >= 11 is 0. The third kappa shape index (κ3) is 3.07. The van der Waals surface area contributed by atoms with E-state index >= 15 is 0 Å². The Balaban J connectivity index is 2.62. The van der Waals surface area contributed by atoms with Crippen molar-refractivity contribution in [3.8, 4) is 0 Å². The van der Waals surface area contributed by atoms with Gasteiger partial charge in [-0.05, 0) is 27.3 Å². The molecule has 100 valence electrons. The number of nitrogens with zero attached hydrogens (tertiary/aromatic N) is 2. The molecule has 0 fully saturated rings. The van der Waals surface area contributed by atoms with Crippen LogP contribution in [0.25, 0.3) is 0 Å². The molecule has 0 amide bonds. The van der Waals surface area contributed by atoms with Gasteiger partial charge in [-0.2, -0.15) is 0 Å². The minimum Gasteiger partial charge on any atom is -0.480 e. The lowest BCUT2D eigenvalue weighted by Crippen LogP contribution is -2.47. The van der Waals surface area contributed by atoms with Gasteiger partial charge in [0.15, 0.2) is 5.82 Å². The fourth-order valence-corrected chi connectivity index (χ4v) is 1.34. The lowest BCUT2D eigenvalue weighted by atomic mass is 9.98. The Hall–Kier alpha value is -1.89. The number of nitrogens with one attached hydrogen (secondary N) is 1. The predicted octanol–water partition coefficient (Wildman–Crippen LogP) is 0.154. The topological polar surface area (TPSA) is 97.4 Å². The zero-order chi connectivity index (χ0) is 13.8. The van der Waals surface area contributed by atoms with E-state index in [4.69, 9.17) is 5.11 Å². The zero-order valence-electron chi connectivity index (χ0n) is 10.6. The SMILES string of the molecule is CN[C@@](C)(CC=CCn1c(C)noc1=O)C(=O)O. The Kier molecular flexibility index (Phi) is 4.43. The predicted molar refractivity (Wildman–Crippen MR) is 64.4 cm³/mol. The van der Waals surface area contributed by atoms with Crippen LogP contribution in [0.2, 0.25) is 0 Å². The normalized spacial score (nSPS) is 14.8. The molecule has 0 radical (unpaired) electrons. The lowest BCUT2D eigenvalue weighted by molar-refractivity contribution is -0.143. The molecule has 0 unspecified atom stereocenters. The third-order valence-electron chi connectivity index (χ3n) is 2.87. The van der Waals surface area contributed by atoms with Crippen molar-refractivity contribution < 1.29 is 14.4 Å². The molecule has 7 heteroatoms. The maximum atomic E-state index is 11.2. The average Bonchev–Trinajstić information content (AvgIpc) is 2.64. The molecule has 1 heterocycles. The van der Waals surface area contributed by atoms with Gasteiger partial charge in [0.1, 0.15) is 5.54 Å². The van der Waals surface area contributed by atoms with Gasteiger partial charge in [-0.3, -0.25) is 13.9 Å². The molecule has 0 saturated heterocycles. The van der Waals surface area contributed by atoms with Crippen LogP contribution >= 0.6 is 0 Å². The Labute approximate surface area is 104 Å². The van der Waals surface area contributed by atoms with Crippen molar-refractivity contribution in [3.63, 3.8) is 0 Å². The first-order chi connectivity index (χ1) is 8.40. The van der Waals surface area contributed by atoms with E-state index in [0.717, 1.165) is 0 Å². The van der Waals surface area contributed by atoms with Gasteiger partial charge < -0.3 is 10.4 Å². The molecule has 0 saturated carbocycles. The molecular formula is C11H17N3O4. The van der Waals surface area contributed by atoms with Crippen molar-refractivity contribution in [2.45, 2.75) is 32.4 Å². The van der Waals surface area contributed by atoms with Crippen molar-refractivity contribution in [2.24, 2.45) is 0 Å². The van der Waals surface area contributed by atoms with Crippen LogP contribution < -0.4 is 11.1 Å². The van der Waals surface area contributed by atoms with E-state index in [-0.39, 0.29) is 0 Å². The summed E-state index contributed by atoms with van der Waals surface area (Å²) in [7, 11) is 1.59. The summed E-state index contributed by atoms with van der Waals surface area (Å²) in [5.74, 6) is -0.959. The van der Waals surface area contributed by atoms with E-state index < -0.39 is 17.3 Å². The highest BCUT2D eigenvalue weighted by Crippen LogP contribution is 2.09. The number of carboxylic acids is 1. The van der Waals surface area contributed by atoms with Gasteiger partial charge in [0.25, 0.3) is 0 Å². The van der Waals surface area contributed by atoms with Crippen LogP contribution in [0.3, 0.4) is 0 Å². The summed E-state index contributed by atoms with van der Waals surface area (Å²) in [6.45, 7) is 3.57. The van der Waals surface area contributed by atoms with Crippen molar-refractivity contribution >= 4 is 5.97 Å². The van der Waals surface area contributed by atoms with E-state index in [1.165, 1.54) is 4.57 Å². The van der Waals surface area contributed by atoms with Gasteiger partial charge in [-0.15, -0.1) is 0 Å². The summed E-state index contributed by atoms with van der Waals surface area (Å²) in [4.78, 5) is 22.2. The first-order valence-electron chi connectivity index (χ1n) is 5.51. The molecule has 2 N–H and O–H groups in total. The van der Waals surface area contributed by atoms with E-state index in [0.29, 0.717) is 18.8 Å². The Bertz CT molecular complexity index is 503. The standard InChI is InChI=1S/C11H17N3O4/c1-8-13-18-10(17)14(8)7-5-4-6-11(2,12-3)9(15)16/h4-5,12H,6-7H2,1-3H3,(H,15,16)/t11-/m0/s1. The number of rotatable bonds is 6. The second-order valence-electron chi connectivity index (χ2n) is 4.17. The highest BCUT2D eigenvalue weighted by molar-refractivity contribution is 5.78. The molecule has 0 aliphatic heterocycles. The molecule has 0 aromatic carbocycles. The molecule has 1 rings (SSSR count). The fraction of sp³-hybridized carbons (Fsp3) is 0.545. The summed E-state index contributed by atoms with van der Waals surface area (Å²) < 4.78 is 5.82. The summed E-state index contributed by atoms with van der Waals surface area (Å²) in [5.41, 5.74) is -1.01. The van der Waals surface area contributed by atoms with Crippen LogP contribution in [0.4, 0.5) is 0 Å². The number of aliphatic carboxylic acids is 1. The maximum Gasteiger partial charge on any atom is 0.441 e. The van der Waals surface area contributed by atoms with Crippen molar-refractivity contribution in [1.82, 2.24) is 15.0 Å². The minimum atomic E-state index is -1.01. The smallest absolute Gasteiger partial charge is 0.441 e. The quantitative estimate of drug-likeness (QED) is 0.702.